The Labute approximate surface area is 114 Å². The summed E-state index contributed by atoms with van der Waals surface area (Å²) in [6.07, 6.45) is 4.34. The second kappa shape index (κ2) is 6.70. The summed E-state index contributed by atoms with van der Waals surface area (Å²) < 4.78 is 1.78. The van der Waals surface area contributed by atoms with Crippen molar-refractivity contribution in [1.29, 1.82) is 0 Å². The Morgan fingerprint density at radius 1 is 1.58 bits per heavy atom. The number of aromatic nitrogens is 2. The standard InChI is InChI=1S/C14H24N4O/c1-3-11-10-13(18(4-2)17-11)14(19)16-9-7-12-6-5-8-15-12/h10,12,15H,3-9H2,1-2H3,(H,16,19)/t12-/m1/s1. The van der Waals surface area contributed by atoms with Gasteiger partial charge in [0.15, 0.2) is 0 Å². The Hall–Kier alpha value is -1.36. The first-order valence-corrected chi connectivity index (χ1v) is 7.32. The van der Waals surface area contributed by atoms with E-state index in [0.29, 0.717) is 11.7 Å². The predicted octanol–water partition coefficient (Wildman–Crippen LogP) is 1.34. The largest absolute Gasteiger partial charge is 0.351 e. The molecule has 2 N–H and O–H groups in total. The maximum absolute atomic E-state index is 12.1. The number of nitrogens with zero attached hydrogens (tertiary/aromatic N) is 2. The highest BCUT2D eigenvalue weighted by Gasteiger charge is 2.16. The van der Waals surface area contributed by atoms with Crippen molar-refractivity contribution < 1.29 is 4.79 Å². The Balaban J connectivity index is 1.86. The van der Waals surface area contributed by atoms with Crippen molar-refractivity contribution in [2.75, 3.05) is 13.1 Å². The Kier molecular flexibility index (Phi) is 4.96. The maximum Gasteiger partial charge on any atom is 0.269 e. The molecular weight excluding hydrogens is 240 g/mol. The van der Waals surface area contributed by atoms with Gasteiger partial charge in [0, 0.05) is 19.1 Å². The summed E-state index contributed by atoms with van der Waals surface area (Å²) in [4.78, 5) is 12.1. The fourth-order valence-electron chi connectivity index (χ4n) is 2.52. The van der Waals surface area contributed by atoms with Gasteiger partial charge in [0.25, 0.3) is 5.91 Å². The van der Waals surface area contributed by atoms with Crippen LogP contribution in [0, 0.1) is 0 Å². The molecular formula is C14H24N4O. The Bertz CT molecular complexity index is 421. The van der Waals surface area contributed by atoms with Gasteiger partial charge in [0.1, 0.15) is 5.69 Å². The van der Waals surface area contributed by atoms with Crippen LogP contribution < -0.4 is 10.6 Å². The lowest BCUT2D eigenvalue weighted by Crippen LogP contribution is -2.31. The van der Waals surface area contributed by atoms with Gasteiger partial charge in [-0.2, -0.15) is 5.10 Å². The molecule has 0 saturated carbocycles. The molecule has 1 aliphatic heterocycles. The molecule has 0 radical (unpaired) electrons. The number of hydrogen-bond donors (Lipinski definition) is 2. The van der Waals surface area contributed by atoms with E-state index in [9.17, 15) is 4.79 Å². The topological polar surface area (TPSA) is 59.0 Å². The van der Waals surface area contributed by atoms with Crippen LogP contribution in [-0.4, -0.2) is 34.8 Å². The minimum atomic E-state index is -0.00736. The van der Waals surface area contributed by atoms with Gasteiger partial charge in [-0.3, -0.25) is 9.48 Å². The number of aryl methyl sites for hydroxylation is 2. The van der Waals surface area contributed by atoms with Gasteiger partial charge in [-0.15, -0.1) is 0 Å². The van der Waals surface area contributed by atoms with E-state index in [1.54, 1.807) is 4.68 Å². The summed E-state index contributed by atoms with van der Waals surface area (Å²) in [5, 5.41) is 10.8. The van der Waals surface area contributed by atoms with Gasteiger partial charge < -0.3 is 10.6 Å². The smallest absolute Gasteiger partial charge is 0.269 e. The minimum absolute atomic E-state index is 0.00736. The summed E-state index contributed by atoms with van der Waals surface area (Å²) in [6, 6.07) is 2.47. The van der Waals surface area contributed by atoms with E-state index in [1.165, 1.54) is 12.8 Å². The maximum atomic E-state index is 12.1. The summed E-state index contributed by atoms with van der Waals surface area (Å²) >= 11 is 0. The number of carbonyl (C=O) groups excluding carboxylic acids is 1. The monoisotopic (exact) mass is 264 g/mol. The first kappa shape index (κ1) is 14.1. The van der Waals surface area contributed by atoms with E-state index in [0.717, 1.165) is 38.2 Å². The van der Waals surface area contributed by atoms with Crippen molar-refractivity contribution in [3.05, 3.63) is 17.5 Å². The Morgan fingerprint density at radius 2 is 2.42 bits per heavy atom. The average Bonchev–Trinajstić information content (AvgIpc) is 3.07. The molecule has 0 unspecified atom stereocenters. The molecule has 1 amide bonds. The van der Waals surface area contributed by atoms with Crippen LogP contribution in [0.5, 0.6) is 0 Å². The molecule has 2 rings (SSSR count). The zero-order valence-electron chi connectivity index (χ0n) is 11.9. The van der Waals surface area contributed by atoms with Gasteiger partial charge in [0.05, 0.1) is 5.69 Å². The molecule has 0 spiro atoms. The lowest BCUT2D eigenvalue weighted by Gasteiger charge is -2.11. The number of carbonyl (C=O) groups is 1. The van der Waals surface area contributed by atoms with Gasteiger partial charge in [0.2, 0.25) is 0 Å². The second-order valence-electron chi connectivity index (χ2n) is 5.03. The highest BCUT2D eigenvalue weighted by molar-refractivity contribution is 5.92. The van der Waals surface area contributed by atoms with Gasteiger partial charge in [-0.25, -0.2) is 0 Å². The SMILES string of the molecule is CCc1cc(C(=O)NCC[C@H]2CCCN2)n(CC)n1. The fourth-order valence-corrected chi connectivity index (χ4v) is 2.52. The third kappa shape index (κ3) is 3.56. The van der Waals surface area contributed by atoms with Crippen LogP contribution in [0.4, 0.5) is 0 Å². The number of rotatable bonds is 6. The highest BCUT2D eigenvalue weighted by Crippen LogP contribution is 2.08. The summed E-state index contributed by atoms with van der Waals surface area (Å²) in [7, 11) is 0. The Morgan fingerprint density at radius 3 is 3.05 bits per heavy atom. The number of nitrogens with one attached hydrogen (secondary N) is 2. The van der Waals surface area contributed by atoms with Crippen molar-refractivity contribution in [2.24, 2.45) is 0 Å². The first-order valence-electron chi connectivity index (χ1n) is 7.32. The lowest BCUT2D eigenvalue weighted by atomic mass is 10.1. The van der Waals surface area contributed by atoms with Crippen molar-refractivity contribution in [1.82, 2.24) is 20.4 Å². The molecule has 1 aromatic heterocycles. The highest BCUT2D eigenvalue weighted by atomic mass is 16.2. The molecule has 5 heteroatoms. The van der Waals surface area contributed by atoms with Crippen molar-refractivity contribution >= 4 is 5.91 Å². The first-order chi connectivity index (χ1) is 9.24. The van der Waals surface area contributed by atoms with E-state index in [2.05, 4.69) is 22.7 Å². The predicted molar refractivity (Wildman–Crippen MR) is 75.3 cm³/mol. The van der Waals surface area contributed by atoms with Crippen LogP contribution in [0.25, 0.3) is 0 Å². The molecule has 0 aliphatic carbocycles. The normalized spacial score (nSPS) is 18.7. The molecule has 2 heterocycles. The zero-order chi connectivity index (χ0) is 13.7. The van der Waals surface area contributed by atoms with Crippen LogP contribution in [0.1, 0.15) is 49.3 Å². The molecule has 0 bridgehead atoms. The molecule has 1 aliphatic rings. The van der Waals surface area contributed by atoms with Gasteiger partial charge in [-0.05, 0) is 45.2 Å². The van der Waals surface area contributed by atoms with E-state index < -0.39 is 0 Å². The average molecular weight is 264 g/mol. The van der Waals surface area contributed by atoms with Crippen molar-refractivity contribution in [2.45, 2.75) is 52.1 Å². The van der Waals surface area contributed by atoms with Crippen LogP contribution in [0.2, 0.25) is 0 Å². The zero-order valence-corrected chi connectivity index (χ0v) is 11.9. The number of amides is 1. The van der Waals surface area contributed by atoms with Crippen molar-refractivity contribution in [3.63, 3.8) is 0 Å². The van der Waals surface area contributed by atoms with Crippen LogP contribution in [-0.2, 0) is 13.0 Å². The molecule has 19 heavy (non-hydrogen) atoms. The van der Waals surface area contributed by atoms with Gasteiger partial charge in [-0.1, -0.05) is 6.92 Å². The van der Waals surface area contributed by atoms with E-state index in [1.807, 2.05) is 13.0 Å². The summed E-state index contributed by atoms with van der Waals surface area (Å²) in [6.45, 7) is 6.63. The molecule has 1 atom stereocenters. The molecule has 1 saturated heterocycles. The third-order valence-corrected chi connectivity index (χ3v) is 3.67. The molecule has 1 aromatic rings. The lowest BCUT2D eigenvalue weighted by molar-refractivity contribution is 0.0941. The van der Waals surface area contributed by atoms with Gasteiger partial charge >= 0.3 is 0 Å². The molecule has 5 nitrogen and oxygen atoms in total. The third-order valence-electron chi connectivity index (χ3n) is 3.67. The number of hydrogen-bond acceptors (Lipinski definition) is 3. The second-order valence-corrected chi connectivity index (χ2v) is 5.03. The van der Waals surface area contributed by atoms with Crippen LogP contribution >= 0.6 is 0 Å². The molecule has 106 valence electrons. The van der Waals surface area contributed by atoms with Crippen molar-refractivity contribution in [3.8, 4) is 0 Å². The van der Waals surface area contributed by atoms with Crippen LogP contribution in [0.15, 0.2) is 6.07 Å². The van der Waals surface area contributed by atoms with E-state index in [4.69, 9.17) is 0 Å². The molecule has 0 aromatic carbocycles. The minimum Gasteiger partial charge on any atom is -0.351 e. The van der Waals surface area contributed by atoms with E-state index in [-0.39, 0.29) is 5.91 Å². The van der Waals surface area contributed by atoms with Crippen LogP contribution in [0.3, 0.4) is 0 Å². The summed E-state index contributed by atoms with van der Waals surface area (Å²) in [5.41, 5.74) is 1.66. The quantitative estimate of drug-likeness (QED) is 0.815. The molecule has 1 fully saturated rings. The fraction of sp³-hybridized carbons (Fsp3) is 0.714. The van der Waals surface area contributed by atoms with E-state index >= 15 is 0 Å². The summed E-state index contributed by atoms with van der Waals surface area (Å²) in [5.74, 6) is -0.00736.